The molecule has 2 amide bonds. The normalized spacial score (nSPS) is 18.6. The molecule has 0 radical (unpaired) electrons. The third-order valence-corrected chi connectivity index (χ3v) is 3.21. The predicted octanol–water partition coefficient (Wildman–Crippen LogP) is 1.14. The van der Waals surface area contributed by atoms with Gasteiger partial charge < -0.3 is 16.4 Å². The standard InChI is InChI=1S/C13H15F2N3O2/c14-8-6-9(15)11(5-7(8)12(16)19)18-13(20)10-3-1-2-4-17-10/h5-6,10,17H,1-4H2,(H2,16,19)(H,18,20). The zero-order valence-corrected chi connectivity index (χ0v) is 10.7. The maximum Gasteiger partial charge on any atom is 0.251 e. The van der Waals surface area contributed by atoms with Gasteiger partial charge in [0, 0.05) is 6.07 Å². The van der Waals surface area contributed by atoms with Crippen molar-refractivity contribution in [2.45, 2.75) is 25.3 Å². The van der Waals surface area contributed by atoms with Gasteiger partial charge in [-0.15, -0.1) is 0 Å². The fraction of sp³-hybridized carbons (Fsp3) is 0.385. The molecule has 0 aromatic heterocycles. The molecule has 1 aliphatic rings. The first-order valence-electron chi connectivity index (χ1n) is 6.32. The van der Waals surface area contributed by atoms with E-state index < -0.39 is 35.1 Å². The highest BCUT2D eigenvalue weighted by molar-refractivity contribution is 5.98. The minimum absolute atomic E-state index is 0.252. The molecule has 1 fully saturated rings. The molecule has 0 spiro atoms. The van der Waals surface area contributed by atoms with Gasteiger partial charge in [-0.1, -0.05) is 6.42 Å². The number of primary amides is 1. The van der Waals surface area contributed by atoms with Crippen LogP contribution in [0.5, 0.6) is 0 Å². The van der Waals surface area contributed by atoms with Gasteiger partial charge in [-0.05, 0) is 25.5 Å². The number of carbonyl (C=O) groups is 2. The second-order valence-corrected chi connectivity index (χ2v) is 4.67. The predicted molar refractivity (Wildman–Crippen MR) is 69.1 cm³/mol. The van der Waals surface area contributed by atoms with Gasteiger partial charge in [-0.3, -0.25) is 9.59 Å². The smallest absolute Gasteiger partial charge is 0.251 e. The summed E-state index contributed by atoms with van der Waals surface area (Å²) in [4.78, 5) is 22.9. The Bertz CT molecular complexity index is 543. The second kappa shape index (κ2) is 5.96. The minimum Gasteiger partial charge on any atom is -0.366 e. The van der Waals surface area contributed by atoms with Gasteiger partial charge in [0.15, 0.2) is 0 Å². The molecule has 20 heavy (non-hydrogen) atoms. The SMILES string of the molecule is NC(=O)c1cc(NC(=O)C2CCCCN2)c(F)cc1F. The molecule has 7 heteroatoms. The van der Waals surface area contributed by atoms with Crippen LogP contribution in [0.4, 0.5) is 14.5 Å². The van der Waals surface area contributed by atoms with E-state index in [9.17, 15) is 18.4 Å². The number of hydrogen-bond donors (Lipinski definition) is 3. The number of nitrogens with two attached hydrogens (primary N) is 1. The Labute approximate surface area is 114 Å². The molecule has 1 aliphatic heterocycles. The highest BCUT2D eigenvalue weighted by Gasteiger charge is 2.22. The average molecular weight is 283 g/mol. The largest absolute Gasteiger partial charge is 0.366 e. The van der Waals surface area contributed by atoms with Gasteiger partial charge in [0.05, 0.1) is 17.3 Å². The summed E-state index contributed by atoms with van der Waals surface area (Å²) >= 11 is 0. The highest BCUT2D eigenvalue weighted by Crippen LogP contribution is 2.20. The summed E-state index contributed by atoms with van der Waals surface area (Å²) < 4.78 is 26.9. The zero-order chi connectivity index (χ0) is 14.7. The van der Waals surface area contributed by atoms with Crippen LogP contribution in [0.2, 0.25) is 0 Å². The number of amides is 2. The van der Waals surface area contributed by atoms with E-state index >= 15 is 0 Å². The monoisotopic (exact) mass is 283 g/mol. The molecule has 1 unspecified atom stereocenters. The Morgan fingerprint density at radius 1 is 1.25 bits per heavy atom. The molecule has 1 atom stereocenters. The first-order chi connectivity index (χ1) is 9.49. The van der Waals surface area contributed by atoms with Crippen molar-refractivity contribution in [1.29, 1.82) is 0 Å². The lowest BCUT2D eigenvalue weighted by Gasteiger charge is -2.22. The molecule has 5 nitrogen and oxygen atoms in total. The van der Waals surface area contributed by atoms with E-state index in [1.165, 1.54) is 0 Å². The van der Waals surface area contributed by atoms with Gasteiger partial charge in [0.1, 0.15) is 11.6 Å². The number of piperidine rings is 1. The molecule has 1 aromatic carbocycles. The molecular weight excluding hydrogens is 268 g/mol. The van der Waals surface area contributed by atoms with E-state index in [1.807, 2.05) is 0 Å². The van der Waals surface area contributed by atoms with Crippen LogP contribution in [0.25, 0.3) is 0 Å². The van der Waals surface area contributed by atoms with Crippen LogP contribution in [-0.2, 0) is 4.79 Å². The quantitative estimate of drug-likeness (QED) is 0.778. The van der Waals surface area contributed by atoms with Crippen molar-refractivity contribution in [2.75, 3.05) is 11.9 Å². The Kier molecular flexibility index (Phi) is 4.29. The second-order valence-electron chi connectivity index (χ2n) is 4.67. The molecule has 1 aromatic rings. The minimum atomic E-state index is -1.05. The molecule has 0 saturated carbocycles. The summed E-state index contributed by atoms with van der Waals surface area (Å²) in [5, 5.41) is 5.36. The van der Waals surface area contributed by atoms with E-state index in [2.05, 4.69) is 10.6 Å². The van der Waals surface area contributed by atoms with Crippen LogP contribution < -0.4 is 16.4 Å². The van der Waals surface area contributed by atoms with Crippen LogP contribution in [0.15, 0.2) is 12.1 Å². The number of halogens is 2. The summed E-state index contributed by atoms with van der Waals surface area (Å²) in [6.45, 7) is 0.719. The number of hydrogen-bond acceptors (Lipinski definition) is 3. The molecule has 1 heterocycles. The highest BCUT2D eigenvalue weighted by atomic mass is 19.1. The van der Waals surface area contributed by atoms with Crippen molar-refractivity contribution in [3.05, 3.63) is 29.3 Å². The summed E-state index contributed by atoms with van der Waals surface area (Å²) in [7, 11) is 0. The average Bonchev–Trinajstić information content (AvgIpc) is 2.42. The lowest BCUT2D eigenvalue weighted by atomic mass is 10.0. The Balaban J connectivity index is 2.18. The van der Waals surface area contributed by atoms with Crippen LogP contribution in [-0.4, -0.2) is 24.4 Å². The van der Waals surface area contributed by atoms with Crippen LogP contribution in [0.1, 0.15) is 29.6 Å². The number of nitrogens with one attached hydrogen (secondary N) is 2. The van der Waals surface area contributed by atoms with Gasteiger partial charge >= 0.3 is 0 Å². The number of benzene rings is 1. The molecule has 0 bridgehead atoms. The summed E-state index contributed by atoms with van der Waals surface area (Å²) in [5.74, 6) is -3.43. The fourth-order valence-corrected chi connectivity index (χ4v) is 2.13. The van der Waals surface area contributed by atoms with Crippen LogP contribution >= 0.6 is 0 Å². The lowest BCUT2D eigenvalue weighted by molar-refractivity contribution is -0.118. The van der Waals surface area contributed by atoms with Crippen molar-refractivity contribution in [3.63, 3.8) is 0 Å². The topological polar surface area (TPSA) is 84.2 Å². The number of anilines is 1. The van der Waals surface area contributed by atoms with E-state index in [1.54, 1.807) is 0 Å². The molecule has 0 aliphatic carbocycles. The molecule has 108 valence electrons. The molecule has 2 rings (SSSR count). The van der Waals surface area contributed by atoms with Gasteiger partial charge in [0.2, 0.25) is 5.91 Å². The zero-order valence-electron chi connectivity index (χ0n) is 10.7. The maximum atomic E-state index is 13.6. The van der Waals surface area contributed by atoms with E-state index in [0.29, 0.717) is 12.5 Å². The maximum absolute atomic E-state index is 13.6. The Hall–Kier alpha value is -2.02. The first kappa shape index (κ1) is 14.4. The van der Waals surface area contributed by atoms with Crippen LogP contribution in [0.3, 0.4) is 0 Å². The third-order valence-electron chi connectivity index (χ3n) is 3.21. The molecular formula is C13H15F2N3O2. The van der Waals surface area contributed by atoms with E-state index in [-0.39, 0.29) is 5.69 Å². The van der Waals surface area contributed by atoms with Crippen molar-refractivity contribution < 1.29 is 18.4 Å². The van der Waals surface area contributed by atoms with E-state index in [0.717, 1.165) is 25.5 Å². The number of carbonyl (C=O) groups excluding carboxylic acids is 2. The fourth-order valence-electron chi connectivity index (χ4n) is 2.13. The summed E-state index contributed by atoms with van der Waals surface area (Å²) in [6, 6.07) is 1.03. The van der Waals surface area contributed by atoms with Crippen molar-refractivity contribution >= 4 is 17.5 Å². The van der Waals surface area contributed by atoms with Crippen molar-refractivity contribution in [1.82, 2.24) is 5.32 Å². The summed E-state index contributed by atoms with van der Waals surface area (Å²) in [5.41, 5.74) is 4.27. The lowest BCUT2D eigenvalue weighted by Crippen LogP contribution is -2.43. The Morgan fingerprint density at radius 3 is 2.60 bits per heavy atom. The Morgan fingerprint density at radius 2 is 2.00 bits per heavy atom. The van der Waals surface area contributed by atoms with Crippen molar-refractivity contribution in [3.8, 4) is 0 Å². The van der Waals surface area contributed by atoms with Gasteiger partial charge in [-0.25, -0.2) is 8.78 Å². The molecule has 1 saturated heterocycles. The van der Waals surface area contributed by atoms with Crippen LogP contribution in [0, 0.1) is 11.6 Å². The molecule has 4 N–H and O–H groups in total. The van der Waals surface area contributed by atoms with Gasteiger partial charge in [-0.2, -0.15) is 0 Å². The van der Waals surface area contributed by atoms with Crippen molar-refractivity contribution in [2.24, 2.45) is 5.73 Å². The summed E-state index contributed by atoms with van der Waals surface area (Å²) in [6.07, 6.45) is 2.54. The van der Waals surface area contributed by atoms with Gasteiger partial charge in [0.25, 0.3) is 5.91 Å². The third kappa shape index (κ3) is 3.11. The number of rotatable bonds is 3. The van der Waals surface area contributed by atoms with E-state index in [4.69, 9.17) is 5.73 Å². The first-order valence-corrected chi connectivity index (χ1v) is 6.32.